The molecule has 0 atom stereocenters. The van der Waals surface area contributed by atoms with Gasteiger partial charge in [-0.05, 0) is 88.3 Å². The van der Waals surface area contributed by atoms with Crippen molar-refractivity contribution in [1.82, 2.24) is 0 Å². The molecule has 0 heterocycles. The van der Waals surface area contributed by atoms with Crippen LogP contribution in [0.1, 0.15) is 106 Å². The van der Waals surface area contributed by atoms with E-state index in [1.54, 1.807) is 16.7 Å². The van der Waals surface area contributed by atoms with Crippen LogP contribution in [0.4, 0.5) is 0 Å². The van der Waals surface area contributed by atoms with E-state index in [1.807, 2.05) is 6.08 Å². The van der Waals surface area contributed by atoms with Gasteiger partial charge in [0, 0.05) is 0 Å². The van der Waals surface area contributed by atoms with Crippen molar-refractivity contribution in [3.05, 3.63) is 101 Å². The van der Waals surface area contributed by atoms with E-state index >= 15 is 0 Å². The quantitative estimate of drug-likeness (QED) is 0.363. The van der Waals surface area contributed by atoms with Gasteiger partial charge in [-0.3, -0.25) is 0 Å². The Labute approximate surface area is 208 Å². The van der Waals surface area contributed by atoms with Crippen LogP contribution in [0.15, 0.2) is 73.3 Å². The topological polar surface area (TPSA) is 0 Å². The molecule has 3 aromatic carbocycles. The van der Waals surface area contributed by atoms with Gasteiger partial charge in [-0.25, -0.2) is 0 Å². The fraction of sp³-hybridized carbons (Fsp3) is 0.412. The average molecular weight is 451 g/mol. The Morgan fingerprint density at radius 3 is 2.15 bits per heavy atom. The Morgan fingerprint density at radius 2 is 1.50 bits per heavy atom. The zero-order valence-corrected chi connectivity index (χ0v) is 21.7. The fourth-order valence-corrected chi connectivity index (χ4v) is 5.36. The molecule has 0 amide bonds. The normalized spacial score (nSPS) is 16.1. The average Bonchev–Trinajstić information content (AvgIpc) is 3.57. The molecule has 0 unspecified atom stereocenters. The summed E-state index contributed by atoms with van der Waals surface area (Å²) in [5.41, 5.74) is 10.5. The smallest absolute Gasteiger partial charge is 0.0132 e. The minimum atomic E-state index is 0.235. The van der Waals surface area contributed by atoms with Gasteiger partial charge in [0.05, 0.1) is 0 Å². The molecule has 0 aromatic heterocycles. The predicted octanol–water partition coefficient (Wildman–Crippen LogP) is 10.1. The van der Waals surface area contributed by atoms with Crippen LogP contribution >= 0.6 is 0 Å². The second kappa shape index (κ2) is 10.8. The van der Waals surface area contributed by atoms with Crippen molar-refractivity contribution in [1.29, 1.82) is 0 Å². The Bertz CT molecular complexity index is 1100. The highest BCUT2D eigenvalue weighted by Crippen LogP contribution is 2.45. The molecule has 0 saturated heterocycles. The van der Waals surface area contributed by atoms with Crippen molar-refractivity contribution in [3.63, 3.8) is 0 Å². The van der Waals surface area contributed by atoms with E-state index in [-0.39, 0.29) is 5.41 Å². The van der Waals surface area contributed by atoms with Crippen molar-refractivity contribution in [3.8, 4) is 11.1 Å². The van der Waals surface area contributed by atoms with Gasteiger partial charge < -0.3 is 0 Å². The van der Waals surface area contributed by atoms with E-state index in [0.717, 1.165) is 18.3 Å². The van der Waals surface area contributed by atoms with E-state index in [4.69, 9.17) is 0 Å². The molecule has 2 aliphatic carbocycles. The van der Waals surface area contributed by atoms with Crippen molar-refractivity contribution < 1.29 is 0 Å². The molecule has 0 heteroatoms. The highest BCUT2D eigenvalue weighted by molar-refractivity contribution is 5.70. The van der Waals surface area contributed by atoms with E-state index in [9.17, 15) is 0 Å². The lowest BCUT2D eigenvalue weighted by Gasteiger charge is -2.19. The molecular formula is C34H42. The summed E-state index contributed by atoms with van der Waals surface area (Å²) in [4.78, 5) is 0. The van der Waals surface area contributed by atoms with Crippen LogP contribution in [0.2, 0.25) is 0 Å². The predicted molar refractivity (Wildman–Crippen MR) is 150 cm³/mol. The number of benzene rings is 3. The Hall–Kier alpha value is -2.60. The third kappa shape index (κ3) is 5.90. The molecule has 0 radical (unpaired) electrons. The van der Waals surface area contributed by atoms with E-state index < -0.39 is 0 Å². The molecule has 178 valence electrons. The number of rotatable bonds is 5. The largest absolute Gasteiger partial charge is 0.0985 e. The summed E-state index contributed by atoms with van der Waals surface area (Å²) >= 11 is 0. The van der Waals surface area contributed by atoms with E-state index in [0.29, 0.717) is 0 Å². The van der Waals surface area contributed by atoms with Crippen LogP contribution in [0.25, 0.3) is 17.2 Å². The molecule has 2 aliphatic rings. The molecule has 0 aliphatic heterocycles. The summed E-state index contributed by atoms with van der Waals surface area (Å²) in [6.07, 6.45) is 11.4. The molecule has 0 N–H and O–H groups in total. The van der Waals surface area contributed by atoms with Crippen molar-refractivity contribution in [2.24, 2.45) is 0 Å². The summed E-state index contributed by atoms with van der Waals surface area (Å²) in [6, 6.07) is 24.8. The molecular weight excluding hydrogens is 408 g/mol. The highest BCUT2D eigenvalue weighted by Gasteiger charge is 2.26. The van der Waals surface area contributed by atoms with Gasteiger partial charge in [-0.15, -0.1) is 0 Å². The first-order valence-corrected chi connectivity index (χ1v) is 13.4. The number of hydrogen-bond acceptors (Lipinski definition) is 0. The zero-order chi connectivity index (χ0) is 24.1. The first-order chi connectivity index (χ1) is 16.4. The van der Waals surface area contributed by atoms with E-state index in [2.05, 4.69) is 101 Å². The van der Waals surface area contributed by atoms with E-state index in [1.165, 1.54) is 60.8 Å². The molecule has 0 nitrogen and oxygen atoms in total. The monoisotopic (exact) mass is 450 g/mol. The van der Waals surface area contributed by atoms with Gasteiger partial charge in [0.2, 0.25) is 0 Å². The molecule has 34 heavy (non-hydrogen) atoms. The minimum absolute atomic E-state index is 0.235. The first-order valence-electron chi connectivity index (χ1n) is 13.4. The number of hydrogen-bond donors (Lipinski definition) is 0. The Morgan fingerprint density at radius 1 is 0.794 bits per heavy atom. The van der Waals surface area contributed by atoms with Crippen LogP contribution in [0.3, 0.4) is 0 Å². The third-order valence-electron chi connectivity index (χ3n) is 7.60. The lowest BCUT2D eigenvalue weighted by Crippen LogP contribution is -2.10. The molecule has 0 bridgehead atoms. The SMILES string of the molecule is C=Cc1cccc(C(C)(C)C)c1.CCc1cc(-c2ccccc2C2CC2)ccc1C1CCCC1. The van der Waals surface area contributed by atoms with Crippen molar-refractivity contribution >= 4 is 6.08 Å². The molecule has 0 spiro atoms. The Balaban J connectivity index is 0.000000195. The standard InChI is InChI=1S/C22H26.C12H16/c1-2-16-15-19(13-14-20(16)17-7-3-4-8-17)22-10-6-5-9-21(22)18-11-12-18;1-5-10-7-6-8-11(9-10)12(2,3)4/h5-6,9-10,13-15,17-18H,2-4,7-8,11-12H2,1H3;5-9H,1H2,2-4H3. The summed E-state index contributed by atoms with van der Waals surface area (Å²) in [5, 5.41) is 0. The van der Waals surface area contributed by atoms with Gasteiger partial charge in [-0.2, -0.15) is 0 Å². The summed E-state index contributed by atoms with van der Waals surface area (Å²) in [6.45, 7) is 12.7. The van der Waals surface area contributed by atoms with Gasteiger partial charge in [0.1, 0.15) is 0 Å². The van der Waals surface area contributed by atoms with Crippen molar-refractivity contribution in [2.75, 3.05) is 0 Å². The number of aryl methyl sites for hydroxylation is 1. The van der Waals surface area contributed by atoms with Gasteiger partial charge >= 0.3 is 0 Å². The minimum Gasteiger partial charge on any atom is -0.0985 e. The van der Waals surface area contributed by atoms with Crippen LogP contribution < -0.4 is 0 Å². The van der Waals surface area contributed by atoms with Gasteiger partial charge in [0.25, 0.3) is 0 Å². The second-order valence-electron chi connectivity index (χ2n) is 11.2. The molecule has 2 fully saturated rings. The lowest BCUT2D eigenvalue weighted by molar-refractivity contribution is 0.590. The maximum Gasteiger partial charge on any atom is -0.0132 e. The maximum absolute atomic E-state index is 3.75. The van der Waals surface area contributed by atoms with Crippen LogP contribution in [0, 0.1) is 0 Å². The molecule has 2 saturated carbocycles. The van der Waals surface area contributed by atoms with Gasteiger partial charge in [-0.1, -0.05) is 120 Å². The summed E-state index contributed by atoms with van der Waals surface area (Å²) < 4.78 is 0. The molecule has 5 rings (SSSR count). The molecule has 3 aromatic rings. The highest BCUT2D eigenvalue weighted by atomic mass is 14.3. The summed E-state index contributed by atoms with van der Waals surface area (Å²) in [7, 11) is 0. The maximum atomic E-state index is 3.75. The zero-order valence-electron chi connectivity index (χ0n) is 21.7. The summed E-state index contributed by atoms with van der Waals surface area (Å²) in [5.74, 6) is 1.64. The van der Waals surface area contributed by atoms with Gasteiger partial charge in [0.15, 0.2) is 0 Å². The Kier molecular flexibility index (Phi) is 7.77. The van der Waals surface area contributed by atoms with Crippen molar-refractivity contribution in [2.45, 2.75) is 89.9 Å². The lowest BCUT2D eigenvalue weighted by atomic mass is 9.86. The fourth-order valence-electron chi connectivity index (χ4n) is 5.36. The van der Waals surface area contributed by atoms with Crippen LogP contribution in [-0.2, 0) is 11.8 Å². The second-order valence-corrected chi connectivity index (χ2v) is 11.2. The van der Waals surface area contributed by atoms with Crippen LogP contribution in [0.5, 0.6) is 0 Å². The first kappa shape index (κ1) is 24.5. The third-order valence-corrected chi connectivity index (χ3v) is 7.60. The van der Waals surface area contributed by atoms with Crippen LogP contribution in [-0.4, -0.2) is 0 Å².